The van der Waals surface area contributed by atoms with Crippen molar-refractivity contribution in [1.82, 2.24) is 9.97 Å². The predicted octanol–water partition coefficient (Wildman–Crippen LogP) is 2.91. The molecule has 1 aromatic carbocycles. The Labute approximate surface area is 123 Å². The highest BCUT2D eigenvalue weighted by Gasteiger charge is 2.21. The molecule has 0 spiro atoms. The lowest BCUT2D eigenvalue weighted by atomic mass is 9.98. The normalized spacial score (nSPS) is 16.0. The molecule has 21 heavy (non-hydrogen) atoms. The van der Waals surface area contributed by atoms with Gasteiger partial charge in [0.05, 0.1) is 19.0 Å². The summed E-state index contributed by atoms with van der Waals surface area (Å²) in [6.45, 7) is 2.50. The summed E-state index contributed by atoms with van der Waals surface area (Å²) in [4.78, 5) is 10.2. The van der Waals surface area contributed by atoms with Crippen LogP contribution in [0.5, 0.6) is 5.75 Å². The molecule has 0 N–H and O–H groups in total. The Kier molecular flexibility index (Phi) is 4.28. The van der Waals surface area contributed by atoms with Gasteiger partial charge in [-0.3, -0.25) is 0 Å². The molecule has 0 radical (unpaired) electrons. The van der Waals surface area contributed by atoms with E-state index in [1.807, 2.05) is 30.3 Å². The summed E-state index contributed by atoms with van der Waals surface area (Å²) < 4.78 is 18.6. The van der Waals surface area contributed by atoms with E-state index in [0.717, 1.165) is 38.3 Å². The molecule has 1 fully saturated rings. The smallest absolute Gasteiger partial charge is 0.225 e. The standard InChI is InChI=1S/C16H18FN3O/c17-14-10-18-16(19-11-14)20-8-6-13(7-9-20)12-21-15-4-2-1-3-5-15/h1-5,10-11,13H,6-9,12H2. The van der Waals surface area contributed by atoms with Crippen molar-refractivity contribution in [1.29, 1.82) is 0 Å². The van der Waals surface area contributed by atoms with Crippen LogP contribution in [0.2, 0.25) is 0 Å². The van der Waals surface area contributed by atoms with Gasteiger partial charge in [-0.1, -0.05) is 18.2 Å². The second kappa shape index (κ2) is 6.52. The molecule has 5 heteroatoms. The molecular formula is C16H18FN3O. The summed E-state index contributed by atoms with van der Waals surface area (Å²) in [5.74, 6) is 1.67. The highest BCUT2D eigenvalue weighted by molar-refractivity contribution is 5.29. The largest absolute Gasteiger partial charge is 0.493 e. The van der Waals surface area contributed by atoms with Gasteiger partial charge in [-0.25, -0.2) is 14.4 Å². The number of halogens is 1. The van der Waals surface area contributed by atoms with Crippen LogP contribution in [0.15, 0.2) is 42.7 Å². The molecule has 4 nitrogen and oxygen atoms in total. The second-order valence-corrected chi connectivity index (χ2v) is 5.26. The molecule has 1 saturated heterocycles. The highest BCUT2D eigenvalue weighted by Crippen LogP contribution is 2.21. The Hall–Kier alpha value is -2.17. The van der Waals surface area contributed by atoms with Crippen LogP contribution in [0.25, 0.3) is 0 Å². The third-order valence-electron chi connectivity index (χ3n) is 3.73. The molecule has 2 heterocycles. The SMILES string of the molecule is Fc1cnc(N2CCC(COc3ccccc3)CC2)nc1. The maximum Gasteiger partial charge on any atom is 0.225 e. The number of benzene rings is 1. The van der Waals surface area contributed by atoms with Gasteiger partial charge in [-0.05, 0) is 30.9 Å². The van der Waals surface area contributed by atoms with Crippen molar-refractivity contribution in [2.75, 3.05) is 24.6 Å². The second-order valence-electron chi connectivity index (χ2n) is 5.26. The van der Waals surface area contributed by atoms with Crippen LogP contribution in [0, 0.1) is 11.7 Å². The van der Waals surface area contributed by atoms with E-state index in [1.165, 1.54) is 12.4 Å². The van der Waals surface area contributed by atoms with E-state index >= 15 is 0 Å². The number of nitrogens with zero attached hydrogens (tertiary/aromatic N) is 3. The van der Waals surface area contributed by atoms with E-state index in [1.54, 1.807) is 0 Å². The van der Waals surface area contributed by atoms with Gasteiger partial charge in [-0.15, -0.1) is 0 Å². The minimum absolute atomic E-state index is 0.398. The number of aromatic nitrogens is 2. The molecule has 0 bridgehead atoms. The molecule has 1 aromatic heterocycles. The minimum Gasteiger partial charge on any atom is -0.493 e. The zero-order chi connectivity index (χ0) is 14.5. The minimum atomic E-state index is -0.398. The van der Waals surface area contributed by atoms with Gasteiger partial charge in [0.25, 0.3) is 0 Å². The Morgan fingerprint density at radius 3 is 2.43 bits per heavy atom. The summed E-state index contributed by atoms with van der Waals surface area (Å²) in [7, 11) is 0. The molecule has 110 valence electrons. The Balaban J connectivity index is 1.48. The van der Waals surface area contributed by atoms with Gasteiger partial charge in [0.15, 0.2) is 5.82 Å². The zero-order valence-electron chi connectivity index (χ0n) is 11.8. The van der Waals surface area contributed by atoms with Crippen molar-refractivity contribution in [3.05, 3.63) is 48.5 Å². The monoisotopic (exact) mass is 287 g/mol. The molecule has 1 aliphatic heterocycles. The molecule has 0 unspecified atom stereocenters. The van der Waals surface area contributed by atoms with Crippen LogP contribution in [0.1, 0.15) is 12.8 Å². The van der Waals surface area contributed by atoms with Crippen LogP contribution < -0.4 is 9.64 Å². The first-order valence-electron chi connectivity index (χ1n) is 7.21. The van der Waals surface area contributed by atoms with E-state index in [0.29, 0.717) is 11.9 Å². The molecule has 0 amide bonds. The van der Waals surface area contributed by atoms with Crippen molar-refractivity contribution in [3.63, 3.8) is 0 Å². The maximum atomic E-state index is 12.8. The zero-order valence-corrected chi connectivity index (χ0v) is 11.8. The number of piperidine rings is 1. The summed E-state index contributed by atoms with van der Waals surface area (Å²) in [5.41, 5.74) is 0. The number of ether oxygens (including phenoxy) is 1. The van der Waals surface area contributed by atoms with Crippen LogP contribution in [-0.4, -0.2) is 29.7 Å². The number of anilines is 1. The van der Waals surface area contributed by atoms with E-state index in [-0.39, 0.29) is 0 Å². The van der Waals surface area contributed by atoms with Crippen molar-refractivity contribution in [2.45, 2.75) is 12.8 Å². The number of para-hydroxylation sites is 1. The Morgan fingerprint density at radius 1 is 1.10 bits per heavy atom. The number of hydrogen-bond donors (Lipinski definition) is 0. The molecule has 0 aliphatic carbocycles. The third-order valence-corrected chi connectivity index (χ3v) is 3.73. The fourth-order valence-corrected chi connectivity index (χ4v) is 2.50. The highest BCUT2D eigenvalue weighted by atomic mass is 19.1. The lowest BCUT2D eigenvalue weighted by Gasteiger charge is -2.31. The molecular weight excluding hydrogens is 269 g/mol. The van der Waals surface area contributed by atoms with Gasteiger partial charge in [-0.2, -0.15) is 0 Å². The van der Waals surface area contributed by atoms with E-state index in [2.05, 4.69) is 14.9 Å². The van der Waals surface area contributed by atoms with Crippen molar-refractivity contribution in [3.8, 4) is 5.75 Å². The molecule has 0 atom stereocenters. The lowest BCUT2D eigenvalue weighted by Crippen LogP contribution is -2.36. The summed E-state index contributed by atoms with van der Waals surface area (Å²) in [5, 5.41) is 0. The third kappa shape index (κ3) is 3.68. The Morgan fingerprint density at radius 2 is 1.76 bits per heavy atom. The first-order chi connectivity index (χ1) is 10.3. The predicted molar refractivity (Wildman–Crippen MR) is 78.9 cm³/mol. The lowest BCUT2D eigenvalue weighted by molar-refractivity contribution is 0.222. The van der Waals surface area contributed by atoms with E-state index < -0.39 is 5.82 Å². The van der Waals surface area contributed by atoms with E-state index in [4.69, 9.17) is 4.74 Å². The first-order valence-corrected chi connectivity index (χ1v) is 7.21. The Bertz CT molecular complexity index is 553. The molecule has 1 aliphatic rings. The number of rotatable bonds is 4. The summed E-state index contributed by atoms with van der Waals surface area (Å²) in [6.07, 6.45) is 4.50. The fourth-order valence-electron chi connectivity index (χ4n) is 2.50. The average molecular weight is 287 g/mol. The van der Waals surface area contributed by atoms with Crippen molar-refractivity contribution < 1.29 is 9.13 Å². The van der Waals surface area contributed by atoms with Crippen LogP contribution in [-0.2, 0) is 0 Å². The van der Waals surface area contributed by atoms with E-state index in [9.17, 15) is 4.39 Å². The molecule has 0 saturated carbocycles. The van der Waals surface area contributed by atoms with Gasteiger partial charge in [0.1, 0.15) is 5.75 Å². The van der Waals surface area contributed by atoms with Gasteiger partial charge >= 0.3 is 0 Å². The van der Waals surface area contributed by atoms with Crippen LogP contribution in [0.3, 0.4) is 0 Å². The van der Waals surface area contributed by atoms with Crippen molar-refractivity contribution in [2.24, 2.45) is 5.92 Å². The van der Waals surface area contributed by atoms with Gasteiger partial charge in [0, 0.05) is 13.1 Å². The molecule has 2 aromatic rings. The average Bonchev–Trinajstić information content (AvgIpc) is 2.55. The van der Waals surface area contributed by atoms with Crippen LogP contribution >= 0.6 is 0 Å². The first kappa shape index (κ1) is 13.8. The van der Waals surface area contributed by atoms with Crippen molar-refractivity contribution >= 4 is 5.95 Å². The van der Waals surface area contributed by atoms with Crippen LogP contribution in [0.4, 0.5) is 10.3 Å². The topological polar surface area (TPSA) is 38.2 Å². The van der Waals surface area contributed by atoms with Gasteiger partial charge < -0.3 is 9.64 Å². The summed E-state index contributed by atoms with van der Waals surface area (Å²) in [6, 6.07) is 9.88. The molecule has 3 rings (SSSR count). The maximum absolute atomic E-state index is 12.8. The van der Waals surface area contributed by atoms with Gasteiger partial charge in [0.2, 0.25) is 5.95 Å². The number of hydrogen-bond acceptors (Lipinski definition) is 4. The summed E-state index contributed by atoms with van der Waals surface area (Å²) >= 11 is 0. The fraction of sp³-hybridized carbons (Fsp3) is 0.375. The quantitative estimate of drug-likeness (QED) is 0.866.